The van der Waals surface area contributed by atoms with Gasteiger partial charge < -0.3 is 9.32 Å². The van der Waals surface area contributed by atoms with E-state index in [2.05, 4.69) is 15.1 Å². The lowest BCUT2D eigenvalue weighted by atomic mass is 10.2. The van der Waals surface area contributed by atoms with Gasteiger partial charge in [0, 0.05) is 25.1 Å². The van der Waals surface area contributed by atoms with Gasteiger partial charge in [-0.1, -0.05) is 0 Å². The van der Waals surface area contributed by atoms with Crippen LogP contribution in [-0.2, 0) is 33.0 Å². The zero-order valence-corrected chi connectivity index (χ0v) is 14.1. The molecular formula is C18H19N5O2. The molecule has 0 radical (unpaired) electrons. The van der Waals surface area contributed by atoms with E-state index in [4.69, 9.17) is 4.42 Å². The van der Waals surface area contributed by atoms with Crippen molar-refractivity contribution in [1.82, 2.24) is 24.6 Å². The van der Waals surface area contributed by atoms with Gasteiger partial charge in [0.05, 0.1) is 31.2 Å². The molecule has 7 nitrogen and oxygen atoms in total. The average molecular weight is 337 g/mol. The highest BCUT2D eigenvalue weighted by Crippen LogP contribution is 2.26. The van der Waals surface area contributed by atoms with E-state index < -0.39 is 0 Å². The van der Waals surface area contributed by atoms with Gasteiger partial charge in [-0.2, -0.15) is 5.10 Å². The maximum atomic E-state index is 12.9. The maximum Gasteiger partial charge on any atom is 0.274 e. The highest BCUT2D eigenvalue weighted by atomic mass is 16.3. The lowest BCUT2D eigenvalue weighted by Gasteiger charge is -2.20. The first-order valence-corrected chi connectivity index (χ1v) is 8.33. The van der Waals surface area contributed by atoms with Gasteiger partial charge in [0.2, 0.25) is 0 Å². The summed E-state index contributed by atoms with van der Waals surface area (Å²) in [6.07, 6.45) is 9.39. The van der Waals surface area contributed by atoms with Crippen molar-refractivity contribution >= 4 is 5.91 Å². The molecule has 3 aromatic rings. The van der Waals surface area contributed by atoms with Crippen LogP contribution in [0.5, 0.6) is 0 Å². The normalized spacial score (nSPS) is 13.0. The summed E-state index contributed by atoms with van der Waals surface area (Å²) in [5, 5.41) is 4.63. The number of carbonyl (C=O) groups is 1. The zero-order chi connectivity index (χ0) is 17.2. The number of rotatable bonds is 5. The number of aryl methyl sites for hydroxylation is 1. The minimum absolute atomic E-state index is 0.179. The number of aromatic nitrogens is 4. The third kappa shape index (κ3) is 3.05. The van der Waals surface area contributed by atoms with E-state index in [-0.39, 0.29) is 5.91 Å². The Morgan fingerprint density at radius 1 is 1.32 bits per heavy atom. The van der Waals surface area contributed by atoms with Gasteiger partial charge in [0.15, 0.2) is 0 Å². The minimum Gasteiger partial charge on any atom is -0.467 e. The summed E-state index contributed by atoms with van der Waals surface area (Å²) in [4.78, 5) is 22.8. The SMILES string of the molecule is Cn1nc(CN(Cc2ccco2)C(=O)c2cnccn2)c2c1CCC2. The Labute approximate surface area is 145 Å². The maximum absolute atomic E-state index is 12.9. The third-order valence-electron chi connectivity index (χ3n) is 4.54. The van der Waals surface area contributed by atoms with Crippen LogP contribution in [0.2, 0.25) is 0 Å². The van der Waals surface area contributed by atoms with Crippen LogP contribution >= 0.6 is 0 Å². The summed E-state index contributed by atoms with van der Waals surface area (Å²) >= 11 is 0. The van der Waals surface area contributed by atoms with Crippen molar-refractivity contribution in [1.29, 1.82) is 0 Å². The molecule has 7 heteroatoms. The van der Waals surface area contributed by atoms with Gasteiger partial charge in [-0.05, 0) is 37.0 Å². The van der Waals surface area contributed by atoms with Crippen molar-refractivity contribution in [3.63, 3.8) is 0 Å². The molecule has 0 unspecified atom stereocenters. The highest BCUT2D eigenvalue weighted by molar-refractivity contribution is 5.91. The zero-order valence-electron chi connectivity index (χ0n) is 14.1. The molecule has 25 heavy (non-hydrogen) atoms. The lowest BCUT2D eigenvalue weighted by molar-refractivity contribution is 0.0708. The topological polar surface area (TPSA) is 77.0 Å². The van der Waals surface area contributed by atoms with Crippen LogP contribution < -0.4 is 0 Å². The average Bonchev–Trinajstić information content (AvgIpc) is 3.36. The van der Waals surface area contributed by atoms with Gasteiger partial charge in [0.1, 0.15) is 11.5 Å². The quantitative estimate of drug-likeness (QED) is 0.713. The molecule has 0 saturated carbocycles. The Balaban J connectivity index is 1.64. The van der Waals surface area contributed by atoms with Crippen LogP contribution in [0.4, 0.5) is 0 Å². The first kappa shape index (κ1) is 15.6. The largest absolute Gasteiger partial charge is 0.467 e. The third-order valence-corrected chi connectivity index (χ3v) is 4.54. The highest BCUT2D eigenvalue weighted by Gasteiger charge is 2.25. The second kappa shape index (κ2) is 6.51. The predicted molar refractivity (Wildman–Crippen MR) is 89.6 cm³/mol. The Kier molecular flexibility index (Phi) is 4.05. The predicted octanol–water partition coefficient (Wildman–Crippen LogP) is 2.13. The lowest BCUT2D eigenvalue weighted by Crippen LogP contribution is -2.31. The monoisotopic (exact) mass is 337 g/mol. The van der Waals surface area contributed by atoms with Crippen LogP contribution in [0.3, 0.4) is 0 Å². The van der Waals surface area contributed by atoms with E-state index >= 15 is 0 Å². The van der Waals surface area contributed by atoms with E-state index in [0.29, 0.717) is 18.8 Å². The molecule has 128 valence electrons. The molecule has 4 rings (SSSR count). The number of furan rings is 1. The Hall–Kier alpha value is -2.96. The summed E-state index contributed by atoms with van der Waals surface area (Å²) in [5.41, 5.74) is 3.83. The van der Waals surface area contributed by atoms with Gasteiger partial charge in [0.25, 0.3) is 5.91 Å². The molecular weight excluding hydrogens is 318 g/mol. The van der Waals surface area contributed by atoms with Crippen molar-refractivity contribution in [3.8, 4) is 0 Å². The molecule has 0 bridgehead atoms. The Morgan fingerprint density at radius 3 is 3.00 bits per heavy atom. The number of hydrogen-bond donors (Lipinski definition) is 0. The number of hydrogen-bond acceptors (Lipinski definition) is 5. The Bertz CT molecular complexity index is 871. The van der Waals surface area contributed by atoms with Gasteiger partial charge in [-0.25, -0.2) is 4.98 Å². The molecule has 0 N–H and O–H groups in total. The Morgan fingerprint density at radius 2 is 2.24 bits per heavy atom. The molecule has 3 heterocycles. The van der Waals surface area contributed by atoms with Crippen molar-refractivity contribution in [2.45, 2.75) is 32.4 Å². The van der Waals surface area contributed by atoms with Crippen molar-refractivity contribution in [3.05, 3.63) is 65.4 Å². The summed E-state index contributed by atoms with van der Waals surface area (Å²) in [6, 6.07) is 3.68. The first-order valence-electron chi connectivity index (χ1n) is 8.33. The molecule has 1 aliphatic rings. The fraction of sp³-hybridized carbons (Fsp3) is 0.333. The smallest absolute Gasteiger partial charge is 0.274 e. The van der Waals surface area contributed by atoms with Crippen LogP contribution in [0.25, 0.3) is 0 Å². The number of amides is 1. The number of fused-ring (bicyclic) bond motifs is 1. The molecule has 0 spiro atoms. The van der Waals surface area contributed by atoms with E-state index in [1.165, 1.54) is 23.7 Å². The van der Waals surface area contributed by atoms with Gasteiger partial charge in [-0.15, -0.1) is 0 Å². The second-order valence-corrected chi connectivity index (χ2v) is 6.18. The molecule has 0 atom stereocenters. The molecule has 0 aliphatic heterocycles. The summed E-state index contributed by atoms with van der Waals surface area (Å²) in [7, 11) is 1.97. The minimum atomic E-state index is -0.179. The fourth-order valence-corrected chi connectivity index (χ4v) is 3.37. The standard InChI is InChI=1S/C18H19N5O2/c1-22-17-6-2-5-14(17)16(21-22)12-23(11-13-4-3-9-25-13)18(24)15-10-19-7-8-20-15/h3-4,7-10H,2,5-6,11-12H2,1H3. The first-order chi connectivity index (χ1) is 12.2. The fourth-order valence-electron chi connectivity index (χ4n) is 3.37. The summed E-state index contributed by atoms with van der Waals surface area (Å²) < 4.78 is 7.37. The molecule has 0 aromatic carbocycles. The molecule has 1 aliphatic carbocycles. The van der Waals surface area contributed by atoms with Crippen LogP contribution in [0, 0.1) is 0 Å². The van der Waals surface area contributed by atoms with Crippen molar-refractivity contribution < 1.29 is 9.21 Å². The molecule has 0 saturated heterocycles. The van der Waals surface area contributed by atoms with Crippen LogP contribution in [0.15, 0.2) is 41.4 Å². The number of carbonyl (C=O) groups excluding carboxylic acids is 1. The number of nitrogens with zero attached hydrogens (tertiary/aromatic N) is 5. The van der Waals surface area contributed by atoms with E-state index in [1.54, 1.807) is 17.4 Å². The molecule has 1 amide bonds. The van der Waals surface area contributed by atoms with Crippen LogP contribution in [-0.4, -0.2) is 30.6 Å². The van der Waals surface area contributed by atoms with Crippen molar-refractivity contribution in [2.24, 2.45) is 7.05 Å². The van der Waals surface area contributed by atoms with Crippen LogP contribution in [0.1, 0.15) is 39.6 Å². The van der Waals surface area contributed by atoms with E-state index in [9.17, 15) is 4.79 Å². The summed E-state index contributed by atoms with van der Waals surface area (Å²) in [5.74, 6) is 0.548. The second-order valence-electron chi connectivity index (χ2n) is 6.18. The van der Waals surface area contributed by atoms with Gasteiger partial charge in [-0.3, -0.25) is 14.5 Å². The van der Waals surface area contributed by atoms with E-state index in [0.717, 1.165) is 30.7 Å². The van der Waals surface area contributed by atoms with Crippen molar-refractivity contribution in [2.75, 3.05) is 0 Å². The summed E-state index contributed by atoms with van der Waals surface area (Å²) in [6.45, 7) is 0.799. The van der Waals surface area contributed by atoms with E-state index in [1.807, 2.05) is 23.9 Å². The molecule has 0 fully saturated rings. The van der Waals surface area contributed by atoms with Gasteiger partial charge >= 0.3 is 0 Å². The molecule has 3 aromatic heterocycles.